The van der Waals surface area contributed by atoms with Gasteiger partial charge in [-0.15, -0.1) is 5.10 Å². The quantitative estimate of drug-likeness (QED) is 0.711. The van der Waals surface area contributed by atoms with Gasteiger partial charge in [-0.3, -0.25) is 9.67 Å². The summed E-state index contributed by atoms with van der Waals surface area (Å²) in [6.07, 6.45) is 3.25. The van der Waals surface area contributed by atoms with Gasteiger partial charge in [-0.2, -0.15) is 0 Å². The number of benzene rings is 1. The minimum atomic E-state index is -0.987. The maximum absolute atomic E-state index is 11.0. The molecule has 7 nitrogen and oxygen atoms in total. The predicted octanol–water partition coefficient (Wildman–Crippen LogP) is 2.17. The number of aromatic nitrogens is 4. The lowest BCUT2D eigenvalue weighted by Crippen LogP contribution is -2.23. The van der Waals surface area contributed by atoms with Gasteiger partial charge >= 0.3 is 5.97 Å². The molecule has 0 bridgehead atoms. The third-order valence-corrected chi connectivity index (χ3v) is 3.81. The van der Waals surface area contributed by atoms with Gasteiger partial charge in [0.15, 0.2) is 0 Å². The summed E-state index contributed by atoms with van der Waals surface area (Å²) in [4.78, 5) is 17.4. The Balaban J connectivity index is 1.60. The van der Waals surface area contributed by atoms with Gasteiger partial charge in [0.25, 0.3) is 0 Å². The van der Waals surface area contributed by atoms with E-state index in [2.05, 4.69) is 39.4 Å². The van der Waals surface area contributed by atoms with Crippen LogP contribution in [0.25, 0.3) is 11.4 Å². The summed E-state index contributed by atoms with van der Waals surface area (Å²) >= 11 is 0. The Labute approximate surface area is 145 Å². The molecule has 1 aromatic carbocycles. The molecular weight excluding hydrogens is 318 g/mol. The molecule has 3 rings (SSSR count). The second kappa shape index (κ2) is 7.67. The zero-order chi connectivity index (χ0) is 17.6. The number of hydrogen-bond acceptors (Lipinski definition) is 5. The number of carboxylic acids is 1. The highest BCUT2D eigenvalue weighted by Gasteiger charge is 2.10. The molecule has 3 aromatic rings. The van der Waals surface area contributed by atoms with E-state index in [1.54, 1.807) is 10.9 Å². The number of rotatable bonds is 7. The summed E-state index contributed by atoms with van der Waals surface area (Å²) in [6, 6.07) is 13.2. The van der Waals surface area contributed by atoms with E-state index in [9.17, 15) is 4.79 Å². The Morgan fingerprint density at radius 1 is 1.20 bits per heavy atom. The Hall–Kier alpha value is -3.06. The van der Waals surface area contributed by atoms with Gasteiger partial charge in [0.1, 0.15) is 5.69 Å². The van der Waals surface area contributed by atoms with Crippen molar-refractivity contribution in [1.82, 2.24) is 24.9 Å². The highest BCUT2D eigenvalue weighted by Crippen LogP contribution is 2.14. The fourth-order valence-corrected chi connectivity index (χ4v) is 2.48. The van der Waals surface area contributed by atoms with Crippen molar-refractivity contribution >= 4 is 5.97 Å². The molecule has 0 saturated heterocycles. The molecule has 0 fully saturated rings. The molecule has 128 valence electrons. The topological polar surface area (TPSA) is 84.1 Å². The molecule has 7 heteroatoms. The number of likely N-dealkylation sites (N-methyl/N-ethyl adjacent to an activating group) is 1. The van der Waals surface area contributed by atoms with Crippen LogP contribution in [0.4, 0.5) is 0 Å². The van der Waals surface area contributed by atoms with Crippen molar-refractivity contribution in [1.29, 1.82) is 0 Å². The van der Waals surface area contributed by atoms with E-state index in [-0.39, 0.29) is 5.56 Å². The third-order valence-electron chi connectivity index (χ3n) is 3.81. The summed E-state index contributed by atoms with van der Waals surface area (Å²) in [5, 5.41) is 17.2. The summed E-state index contributed by atoms with van der Waals surface area (Å²) in [6.45, 7) is 2.37. The normalized spacial score (nSPS) is 11.0. The molecule has 0 amide bonds. The molecule has 0 saturated carbocycles. The van der Waals surface area contributed by atoms with Crippen LogP contribution in [-0.4, -0.2) is 49.5 Å². The second-order valence-corrected chi connectivity index (χ2v) is 5.83. The van der Waals surface area contributed by atoms with E-state index >= 15 is 0 Å². The van der Waals surface area contributed by atoms with Crippen LogP contribution >= 0.6 is 0 Å². The molecular formula is C18H19N5O2. The van der Waals surface area contributed by atoms with E-state index in [0.717, 1.165) is 13.1 Å². The largest absolute Gasteiger partial charge is 0.478 e. The Morgan fingerprint density at radius 2 is 2.00 bits per heavy atom. The van der Waals surface area contributed by atoms with Crippen LogP contribution in [0.1, 0.15) is 15.9 Å². The first-order valence-electron chi connectivity index (χ1n) is 7.94. The number of aromatic carboxylic acids is 1. The van der Waals surface area contributed by atoms with Crippen LogP contribution in [0.2, 0.25) is 0 Å². The van der Waals surface area contributed by atoms with E-state index in [0.29, 0.717) is 17.9 Å². The van der Waals surface area contributed by atoms with Crippen molar-refractivity contribution in [2.45, 2.75) is 13.1 Å². The SMILES string of the molecule is CN(CCn1cc(-c2cc(C(=O)O)ccn2)nn1)Cc1ccccc1. The zero-order valence-corrected chi connectivity index (χ0v) is 13.9. The van der Waals surface area contributed by atoms with Gasteiger partial charge in [0, 0.05) is 19.3 Å². The average Bonchev–Trinajstić information content (AvgIpc) is 3.10. The van der Waals surface area contributed by atoms with Gasteiger partial charge in [0.2, 0.25) is 0 Å². The van der Waals surface area contributed by atoms with Gasteiger partial charge in [-0.1, -0.05) is 35.5 Å². The first kappa shape index (κ1) is 16.8. The number of carboxylic acid groups (broad SMARTS) is 1. The van der Waals surface area contributed by atoms with Crippen molar-refractivity contribution in [2.24, 2.45) is 0 Å². The van der Waals surface area contributed by atoms with Crippen LogP contribution in [0.5, 0.6) is 0 Å². The zero-order valence-electron chi connectivity index (χ0n) is 13.9. The minimum absolute atomic E-state index is 0.183. The summed E-state index contributed by atoms with van der Waals surface area (Å²) in [5.41, 5.74) is 2.51. The van der Waals surface area contributed by atoms with Crippen LogP contribution < -0.4 is 0 Å². The monoisotopic (exact) mass is 337 g/mol. The highest BCUT2D eigenvalue weighted by atomic mass is 16.4. The van der Waals surface area contributed by atoms with Gasteiger partial charge in [-0.05, 0) is 24.7 Å². The van der Waals surface area contributed by atoms with Crippen molar-refractivity contribution in [2.75, 3.05) is 13.6 Å². The fourth-order valence-electron chi connectivity index (χ4n) is 2.48. The van der Waals surface area contributed by atoms with Crippen LogP contribution in [0.3, 0.4) is 0 Å². The van der Waals surface area contributed by atoms with E-state index in [1.165, 1.54) is 23.9 Å². The molecule has 2 aromatic heterocycles. The van der Waals surface area contributed by atoms with E-state index in [4.69, 9.17) is 5.11 Å². The van der Waals surface area contributed by atoms with Crippen molar-refractivity contribution < 1.29 is 9.90 Å². The van der Waals surface area contributed by atoms with Crippen LogP contribution in [0.15, 0.2) is 54.9 Å². The lowest BCUT2D eigenvalue weighted by atomic mass is 10.2. The number of carbonyl (C=O) groups is 1. The molecule has 0 aliphatic heterocycles. The molecule has 0 aliphatic rings. The molecule has 25 heavy (non-hydrogen) atoms. The Morgan fingerprint density at radius 3 is 2.76 bits per heavy atom. The molecule has 1 N–H and O–H groups in total. The third kappa shape index (κ3) is 4.48. The smallest absolute Gasteiger partial charge is 0.335 e. The van der Waals surface area contributed by atoms with Crippen molar-refractivity contribution in [3.05, 3.63) is 66.0 Å². The van der Waals surface area contributed by atoms with Crippen molar-refractivity contribution in [3.63, 3.8) is 0 Å². The molecule has 0 spiro atoms. The Kier molecular flexibility index (Phi) is 5.15. The van der Waals surface area contributed by atoms with Gasteiger partial charge in [0.05, 0.1) is 24.0 Å². The molecule has 0 aliphatic carbocycles. The van der Waals surface area contributed by atoms with Gasteiger partial charge in [-0.25, -0.2) is 4.79 Å². The average molecular weight is 337 g/mol. The predicted molar refractivity (Wildman–Crippen MR) is 93.0 cm³/mol. The first-order valence-corrected chi connectivity index (χ1v) is 7.94. The fraction of sp³-hybridized carbons (Fsp3) is 0.222. The summed E-state index contributed by atoms with van der Waals surface area (Å²) < 4.78 is 1.74. The summed E-state index contributed by atoms with van der Waals surface area (Å²) in [5.74, 6) is -0.987. The molecule has 0 radical (unpaired) electrons. The standard InChI is InChI=1S/C18H19N5O2/c1-22(12-14-5-3-2-4-6-14)9-10-23-13-17(20-21-23)16-11-15(18(24)25)7-8-19-16/h2-8,11,13H,9-10,12H2,1H3,(H,24,25). The first-order chi connectivity index (χ1) is 12.1. The van der Waals surface area contributed by atoms with E-state index in [1.807, 2.05) is 18.2 Å². The molecule has 0 unspecified atom stereocenters. The summed E-state index contributed by atoms with van der Waals surface area (Å²) in [7, 11) is 2.06. The maximum Gasteiger partial charge on any atom is 0.335 e. The second-order valence-electron chi connectivity index (χ2n) is 5.83. The molecule has 2 heterocycles. The number of pyridine rings is 1. The maximum atomic E-state index is 11.0. The Bertz CT molecular complexity index is 847. The van der Waals surface area contributed by atoms with Gasteiger partial charge < -0.3 is 10.0 Å². The van der Waals surface area contributed by atoms with Crippen LogP contribution in [-0.2, 0) is 13.1 Å². The van der Waals surface area contributed by atoms with E-state index < -0.39 is 5.97 Å². The van der Waals surface area contributed by atoms with Crippen molar-refractivity contribution in [3.8, 4) is 11.4 Å². The minimum Gasteiger partial charge on any atom is -0.478 e. The lowest BCUT2D eigenvalue weighted by molar-refractivity contribution is 0.0697. The lowest BCUT2D eigenvalue weighted by Gasteiger charge is -2.16. The molecule has 0 atom stereocenters. The number of nitrogens with zero attached hydrogens (tertiary/aromatic N) is 5. The highest BCUT2D eigenvalue weighted by molar-refractivity contribution is 5.88. The van der Waals surface area contributed by atoms with Crippen LogP contribution in [0, 0.1) is 0 Å². The number of hydrogen-bond donors (Lipinski definition) is 1.